The third-order valence-corrected chi connectivity index (χ3v) is 3.40. The minimum Gasteiger partial charge on any atom is -0.497 e. The van der Waals surface area contributed by atoms with Gasteiger partial charge < -0.3 is 10.1 Å². The summed E-state index contributed by atoms with van der Waals surface area (Å²) in [5, 5.41) is 5.89. The lowest BCUT2D eigenvalue weighted by atomic mass is 10.3. The average molecular weight is 320 g/mol. The summed E-state index contributed by atoms with van der Waals surface area (Å²) in [6.45, 7) is 0. The van der Waals surface area contributed by atoms with Crippen molar-refractivity contribution in [2.75, 3.05) is 12.4 Å². The van der Waals surface area contributed by atoms with Gasteiger partial charge in [-0.3, -0.25) is 4.79 Å². The van der Waals surface area contributed by atoms with Crippen molar-refractivity contribution in [1.29, 1.82) is 0 Å². The van der Waals surface area contributed by atoms with Crippen LogP contribution in [-0.2, 0) is 0 Å². The van der Waals surface area contributed by atoms with E-state index in [9.17, 15) is 13.6 Å². The second-order valence-corrected chi connectivity index (χ2v) is 4.75. The largest absolute Gasteiger partial charge is 0.497 e. The Bertz CT molecular complexity index is 636. The average Bonchev–Trinajstić information content (AvgIpc) is 2.90. The van der Waals surface area contributed by atoms with Gasteiger partial charge in [0.2, 0.25) is 0 Å². The molecule has 0 bridgehead atoms. The van der Waals surface area contributed by atoms with Gasteiger partial charge in [-0.25, -0.2) is 8.78 Å². The highest BCUT2D eigenvalue weighted by molar-refractivity contribution is 7.08. The normalized spacial score (nSPS) is 10.7. The number of ether oxygens (including phenoxy) is 1. The molecule has 106 valence electrons. The molecule has 0 radical (unpaired) electrons. The third kappa shape index (κ3) is 3.02. The van der Waals surface area contributed by atoms with Crippen LogP contribution in [0, 0.1) is 0 Å². The molecule has 1 amide bonds. The summed E-state index contributed by atoms with van der Waals surface area (Å²) in [7, 11) is 1.47. The Balaban J connectivity index is 2.21. The van der Waals surface area contributed by atoms with Gasteiger partial charge >= 0.3 is 0 Å². The zero-order chi connectivity index (χ0) is 14.7. The highest BCUT2D eigenvalue weighted by Gasteiger charge is 2.23. The Labute approximate surface area is 121 Å². The molecule has 2 aromatic rings. The molecule has 0 aliphatic heterocycles. The second-order valence-electron chi connectivity index (χ2n) is 3.59. The number of rotatable bonds is 4. The Morgan fingerprint density at radius 2 is 2.25 bits per heavy atom. The van der Waals surface area contributed by atoms with Crippen LogP contribution in [0.1, 0.15) is 21.8 Å². The van der Waals surface area contributed by atoms with Gasteiger partial charge in [0.1, 0.15) is 10.6 Å². The first-order valence-corrected chi connectivity index (χ1v) is 6.43. The highest BCUT2D eigenvalue weighted by atomic mass is 35.5. The summed E-state index contributed by atoms with van der Waals surface area (Å²) in [5.41, 5.74) is -0.358. The number of amides is 1. The minimum atomic E-state index is -2.86. The van der Waals surface area contributed by atoms with Crippen LogP contribution in [0.3, 0.4) is 0 Å². The number of aromatic nitrogens is 2. The molecular formula is C11H8ClF2N3O2S. The summed E-state index contributed by atoms with van der Waals surface area (Å²) in [4.78, 5) is 11.7. The Hall–Kier alpha value is -1.80. The van der Waals surface area contributed by atoms with Crippen LogP contribution in [0.2, 0.25) is 5.02 Å². The quantitative estimate of drug-likeness (QED) is 0.938. The SMILES string of the molecule is COc1ccc(NC(=O)c2snnc2C(F)F)c(Cl)c1. The Kier molecular flexibility index (Phi) is 4.46. The number of methoxy groups -OCH3 is 1. The van der Waals surface area contributed by atoms with Crippen molar-refractivity contribution < 1.29 is 18.3 Å². The van der Waals surface area contributed by atoms with Gasteiger partial charge in [-0.2, -0.15) is 0 Å². The van der Waals surface area contributed by atoms with Gasteiger partial charge in [-0.1, -0.05) is 16.1 Å². The van der Waals surface area contributed by atoms with E-state index < -0.39 is 18.0 Å². The molecule has 20 heavy (non-hydrogen) atoms. The summed E-state index contributed by atoms with van der Waals surface area (Å²) in [6.07, 6.45) is -2.86. The van der Waals surface area contributed by atoms with Crippen LogP contribution in [0.15, 0.2) is 18.2 Å². The lowest BCUT2D eigenvalue weighted by Gasteiger charge is -2.08. The molecule has 0 unspecified atom stereocenters. The van der Waals surface area contributed by atoms with E-state index in [0.717, 1.165) is 0 Å². The molecular weight excluding hydrogens is 312 g/mol. The standard InChI is InChI=1S/C11H8ClF2N3O2S/c1-19-5-2-3-7(6(12)4-5)15-11(18)9-8(10(13)14)16-17-20-9/h2-4,10H,1H3,(H,15,18). The smallest absolute Gasteiger partial charge is 0.283 e. The molecule has 1 heterocycles. The number of alkyl halides is 2. The van der Waals surface area contributed by atoms with E-state index >= 15 is 0 Å². The van der Waals surface area contributed by atoms with Crippen molar-refractivity contribution in [3.05, 3.63) is 33.8 Å². The first-order valence-electron chi connectivity index (χ1n) is 5.28. The van der Waals surface area contributed by atoms with Crippen molar-refractivity contribution in [2.24, 2.45) is 0 Å². The number of carbonyl (C=O) groups excluding carboxylic acids is 1. The molecule has 0 saturated carbocycles. The number of nitrogens with zero attached hydrogens (tertiary/aromatic N) is 2. The van der Waals surface area contributed by atoms with Crippen molar-refractivity contribution in [2.45, 2.75) is 6.43 Å². The van der Waals surface area contributed by atoms with Crippen molar-refractivity contribution >= 4 is 34.7 Å². The molecule has 9 heteroatoms. The van der Waals surface area contributed by atoms with Gasteiger partial charge in [0.15, 0.2) is 5.69 Å². The topological polar surface area (TPSA) is 64.1 Å². The van der Waals surface area contributed by atoms with Crippen LogP contribution in [-0.4, -0.2) is 22.6 Å². The molecule has 1 aromatic carbocycles. The molecule has 1 N–H and O–H groups in total. The van der Waals surface area contributed by atoms with E-state index in [-0.39, 0.29) is 15.6 Å². The maximum absolute atomic E-state index is 12.6. The van der Waals surface area contributed by atoms with E-state index in [2.05, 4.69) is 14.9 Å². The summed E-state index contributed by atoms with van der Waals surface area (Å²) in [6, 6.07) is 4.59. The maximum atomic E-state index is 12.6. The zero-order valence-corrected chi connectivity index (χ0v) is 11.6. The third-order valence-electron chi connectivity index (χ3n) is 2.35. The van der Waals surface area contributed by atoms with Crippen molar-refractivity contribution in [1.82, 2.24) is 9.59 Å². The predicted molar refractivity (Wildman–Crippen MR) is 70.8 cm³/mol. The fourth-order valence-corrected chi connectivity index (χ4v) is 2.19. The van der Waals surface area contributed by atoms with Gasteiger partial charge in [-0.15, -0.1) is 5.10 Å². The maximum Gasteiger partial charge on any atom is 0.283 e. The lowest BCUT2D eigenvalue weighted by molar-refractivity contribution is 0.101. The Morgan fingerprint density at radius 1 is 1.50 bits per heavy atom. The van der Waals surface area contributed by atoms with Gasteiger partial charge in [0, 0.05) is 6.07 Å². The molecule has 5 nitrogen and oxygen atoms in total. The molecule has 0 fully saturated rings. The Morgan fingerprint density at radius 3 is 2.85 bits per heavy atom. The zero-order valence-electron chi connectivity index (χ0n) is 10.1. The molecule has 0 aliphatic rings. The van der Waals surface area contributed by atoms with E-state index in [1.807, 2.05) is 0 Å². The number of carbonyl (C=O) groups is 1. The summed E-state index contributed by atoms with van der Waals surface area (Å²) >= 11 is 6.54. The van der Waals surface area contributed by atoms with E-state index in [1.54, 1.807) is 6.07 Å². The molecule has 1 aromatic heterocycles. The van der Waals surface area contributed by atoms with Crippen molar-refractivity contribution in [3.8, 4) is 5.75 Å². The van der Waals surface area contributed by atoms with Crippen LogP contribution in [0.4, 0.5) is 14.5 Å². The number of hydrogen-bond donors (Lipinski definition) is 1. The summed E-state index contributed by atoms with van der Waals surface area (Å²) in [5.74, 6) is -0.219. The van der Waals surface area contributed by atoms with Crippen LogP contribution >= 0.6 is 23.1 Å². The fraction of sp³-hybridized carbons (Fsp3) is 0.182. The number of nitrogens with one attached hydrogen (secondary N) is 1. The van der Waals surface area contributed by atoms with Gasteiger partial charge in [-0.05, 0) is 23.7 Å². The van der Waals surface area contributed by atoms with Crippen molar-refractivity contribution in [3.63, 3.8) is 0 Å². The molecule has 0 saturated heterocycles. The number of hydrogen-bond acceptors (Lipinski definition) is 5. The van der Waals surface area contributed by atoms with Gasteiger partial charge in [0.25, 0.3) is 12.3 Å². The van der Waals surface area contributed by atoms with E-state index in [1.165, 1.54) is 19.2 Å². The molecule has 2 rings (SSSR count). The van der Waals surface area contributed by atoms with E-state index in [4.69, 9.17) is 16.3 Å². The second kappa shape index (κ2) is 6.10. The minimum absolute atomic E-state index is 0.230. The number of anilines is 1. The van der Waals surface area contributed by atoms with Crippen LogP contribution in [0.25, 0.3) is 0 Å². The van der Waals surface area contributed by atoms with Crippen LogP contribution in [0.5, 0.6) is 5.75 Å². The first-order chi connectivity index (χ1) is 9.52. The number of benzene rings is 1. The fourth-order valence-electron chi connectivity index (χ4n) is 1.40. The molecule has 0 spiro atoms. The number of halogens is 3. The van der Waals surface area contributed by atoms with Gasteiger partial charge in [0.05, 0.1) is 17.8 Å². The molecule has 0 atom stereocenters. The molecule has 0 aliphatic carbocycles. The predicted octanol–water partition coefficient (Wildman–Crippen LogP) is 3.39. The first kappa shape index (κ1) is 14.6. The summed E-state index contributed by atoms with van der Waals surface area (Å²) < 4.78 is 33.6. The highest BCUT2D eigenvalue weighted by Crippen LogP contribution is 2.28. The van der Waals surface area contributed by atoms with Crippen LogP contribution < -0.4 is 10.1 Å². The monoisotopic (exact) mass is 319 g/mol. The van der Waals surface area contributed by atoms with E-state index in [0.29, 0.717) is 17.3 Å². The lowest BCUT2D eigenvalue weighted by Crippen LogP contribution is -2.13.